The Hall–Kier alpha value is -1.50. The van der Waals surface area contributed by atoms with Crippen LogP contribution in [0.4, 0.5) is 8.78 Å². The molecule has 0 spiro atoms. The maximum Gasteiger partial charge on any atom is 0.337 e. The van der Waals surface area contributed by atoms with Crippen molar-refractivity contribution >= 4 is 15.7 Å². The van der Waals surface area contributed by atoms with Gasteiger partial charge in [0.05, 0.1) is 0 Å². The van der Waals surface area contributed by atoms with Crippen LogP contribution < -0.4 is 0 Å². The van der Waals surface area contributed by atoms with E-state index in [0.717, 1.165) is 22.4 Å². The summed E-state index contributed by atoms with van der Waals surface area (Å²) in [7, 11) is -3.28. The lowest BCUT2D eigenvalue weighted by molar-refractivity contribution is -0.127. The molecule has 1 rings (SSSR count). The van der Waals surface area contributed by atoms with Gasteiger partial charge in [0.15, 0.2) is 0 Å². The fourth-order valence-corrected chi connectivity index (χ4v) is 2.28. The zero-order valence-electron chi connectivity index (χ0n) is 11.3. The van der Waals surface area contributed by atoms with Crippen LogP contribution in [0, 0.1) is 0 Å². The van der Waals surface area contributed by atoms with Gasteiger partial charge in [0, 0.05) is 13.6 Å². The highest BCUT2D eigenvalue weighted by molar-refractivity contribution is 7.92. The quantitative estimate of drug-likeness (QED) is 0.806. The summed E-state index contributed by atoms with van der Waals surface area (Å²) in [4.78, 5) is 12.7. The largest absolute Gasteiger partial charge is 0.341 e. The van der Waals surface area contributed by atoms with E-state index in [0.29, 0.717) is 0 Å². The van der Waals surface area contributed by atoms with Crippen LogP contribution in [0.1, 0.15) is 18.1 Å². The van der Waals surface area contributed by atoms with Crippen LogP contribution in [0.2, 0.25) is 0 Å². The first kappa shape index (κ1) is 16.6. The van der Waals surface area contributed by atoms with Crippen molar-refractivity contribution in [2.45, 2.75) is 25.6 Å². The average Bonchev–Trinajstić information content (AvgIpc) is 2.38. The SMILES string of the molecule is CCc1ccc(CN(C)C(=O)CS(=O)(=O)C(F)F)cc1. The Kier molecular flexibility index (Phi) is 5.62. The summed E-state index contributed by atoms with van der Waals surface area (Å²) in [5.74, 6) is -5.54. The van der Waals surface area contributed by atoms with Crippen LogP contribution in [0.25, 0.3) is 0 Å². The molecule has 0 aliphatic carbocycles. The van der Waals surface area contributed by atoms with E-state index in [1.165, 1.54) is 7.05 Å². The lowest BCUT2D eigenvalue weighted by atomic mass is 10.1. The summed E-state index contributed by atoms with van der Waals surface area (Å²) in [5.41, 5.74) is 1.95. The van der Waals surface area contributed by atoms with Crippen molar-refractivity contribution < 1.29 is 22.0 Å². The average molecular weight is 305 g/mol. The molecule has 0 unspecified atom stereocenters. The van der Waals surface area contributed by atoms with E-state index in [2.05, 4.69) is 0 Å². The molecular weight excluding hydrogens is 288 g/mol. The highest BCUT2D eigenvalue weighted by Gasteiger charge is 2.28. The van der Waals surface area contributed by atoms with Crippen molar-refractivity contribution in [2.75, 3.05) is 12.8 Å². The number of sulfone groups is 1. The van der Waals surface area contributed by atoms with E-state index in [9.17, 15) is 22.0 Å². The molecule has 0 aliphatic rings. The van der Waals surface area contributed by atoms with Crippen molar-refractivity contribution in [1.82, 2.24) is 4.90 Å². The number of nitrogens with zero attached hydrogens (tertiary/aromatic N) is 1. The van der Waals surface area contributed by atoms with E-state index < -0.39 is 27.3 Å². The van der Waals surface area contributed by atoms with E-state index in [1.807, 2.05) is 31.2 Å². The van der Waals surface area contributed by atoms with Crippen LogP contribution in [-0.4, -0.2) is 37.8 Å². The maximum atomic E-state index is 12.2. The van der Waals surface area contributed by atoms with E-state index in [-0.39, 0.29) is 6.54 Å². The first-order valence-corrected chi connectivity index (χ1v) is 7.79. The van der Waals surface area contributed by atoms with E-state index in [4.69, 9.17) is 0 Å². The summed E-state index contributed by atoms with van der Waals surface area (Å²) in [6, 6.07) is 7.46. The fourth-order valence-electron chi connectivity index (χ4n) is 1.59. The Morgan fingerprint density at radius 3 is 2.15 bits per heavy atom. The third-order valence-electron chi connectivity index (χ3n) is 2.87. The first-order valence-electron chi connectivity index (χ1n) is 6.07. The highest BCUT2D eigenvalue weighted by atomic mass is 32.2. The zero-order valence-corrected chi connectivity index (χ0v) is 12.2. The third kappa shape index (κ3) is 4.56. The Balaban J connectivity index is 2.66. The van der Waals surface area contributed by atoms with Crippen molar-refractivity contribution in [3.05, 3.63) is 35.4 Å². The molecule has 0 N–H and O–H groups in total. The molecule has 0 aliphatic heterocycles. The number of aryl methyl sites for hydroxylation is 1. The predicted molar refractivity (Wildman–Crippen MR) is 72.1 cm³/mol. The van der Waals surface area contributed by atoms with Crippen LogP contribution >= 0.6 is 0 Å². The molecule has 0 bridgehead atoms. The molecule has 0 heterocycles. The number of carbonyl (C=O) groups is 1. The van der Waals surface area contributed by atoms with Crippen molar-refractivity contribution in [3.8, 4) is 0 Å². The summed E-state index contributed by atoms with van der Waals surface area (Å²) < 4.78 is 46.3. The molecule has 1 aromatic rings. The van der Waals surface area contributed by atoms with Gasteiger partial charge in [0.25, 0.3) is 0 Å². The Morgan fingerprint density at radius 1 is 1.20 bits per heavy atom. The van der Waals surface area contributed by atoms with Gasteiger partial charge in [-0.25, -0.2) is 8.42 Å². The number of alkyl halides is 2. The molecule has 20 heavy (non-hydrogen) atoms. The van der Waals surface area contributed by atoms with Gasteiger partial charge < -0.3 is 4.90 Å². The molecule has 0 radical (unpaired) electrons. The number of halogens is 2. The smallest absolute Gasteiger partial charge is 0.337 e. The Bertz CT molecular complexity index is 555. The summed E-state index contributed by atoms with van der Waals surface area (Å²) >= 11 is 0. The number of amides is 1. The number of benzene rings is 1. The Morgan fingerprint density at radius 2 is 1.70 bits per heavy atom. The van der Waals surface area contributed by atoms with Gasteiger partial charge in [-0.2, -0.15) is 8.78 Å². The van der Waals surface area contributed by atoms with Gasteiger partial charge in [-0.05, 0) is 17.5 Å². The van der Waals surface area contributed by atoms with Gasteiger partial charge in [-0.1, -0.05) is 31.2 Å². The predicted octanol–water partition coefficient (Wildman–Crippen LogP) is 1.84. The third-order valence-corrected chi connectivity index (χ3v) is 4.07. The highest BCUT2D eigenvalue weighted by Crippen LogP contribution is 2.10. The van der Waals surface area contributed by atoms with Gasteiger partial charge in [0.1, 0.15) is 5.75 Å². The minimum absolute atomic E-state index is 0.182. The van der Waals surface area contributed by atoms with Crippen molar-refractivity contribution in [1.29, 1.82) is 0 Å². The van der Waals surface area contributed by atoms with Crippen LogP contribution in [-0.2, 0) is 27.6 Å². The van der Waals surface area contributed by atoms with E-state index in [1.54, 1.807) is 0 Å². The van der Waals surface area contributed by atoms with Crippen LogP contribution in [0.3, 0.4) is 0 Å². The molecule has 1 amide bonds. The molecule has 0 fully saturated rings. The summed E-state index contributed by atoms with van der Waals surface area (Å²) in [5, 5.41) is 0. The molecule has 0 saturated carbocycles. The lowest BCUT2D eigenvalue weighted by Crippen LogP contribution is -2.34. The first-order chi connectivity index (χ1) is 9.26. The normalized spacial score (nSPS) is 11.7. The molecule has 0 atom stereocenters. The second-order valence-corrected chi connectivity index (χ2v) is 6.46. The molecule has 4 nitrogen and oxygen atoms in total. The van der Waals surface area contributed by atoms with Gasteiger partial charge in [-0.15, -0.1) is 0 Å². The number of rotatable bonds is 6. The molecule has 1 aromatic carbocycles. The molecule has 0 aromatic heterocycles. The summed E-state index contributed by atoms with van der Waals surface area (Å²) in [6.07, 6.45) is 0.891. The molecule has 112 valence electrons. The Labute approximate surface area is 117 Å². The number of hydrogen-bond acceptors (Lipinski definition) is 3. The lowest BCUT2D eigenvalue weighted by Gasteiger charge is -2.17. The van der Waals surface area contributed by atoms with Crippen molar-refractivity contribution in [3.63, 3.8) is 0 Å². The van der Waals surface area contributed by atoms with Gasteiger partial charge in [0.2, 0.25) is 15.7 Å². The minimum Gasteiger partial charge on any atom is -0.341 e. The van der Waals surface area contributed by atoms with Gasteiger partial charge in [-0.3, -0.25) is 4.79 Å². The number of hydrogen-bond donors (Lipinski definition) is 0. The van der Waals surface area contributed by atoms with Crippen LogP contribution in [0.15, 0.2) is 24.3 Å². The molecule has 7 heteroatoms. The second kappa shape index (κ2) is 6.78. The maximum absolute atomic E-state index is 12.2. The van der Waals surface area contributed by atoms with Crippen LogP contribution in [0.5, 0.6) is 0 Å². The number of carbonyl (C=O) groups excluding carboxylic acids is 1. The topological polar surface area (TPSA) is 54.5 Å². The second-order valence-electron chi connectivity index (χ2n) is 4.49. The molecule has 0 saturated heterocycles. The van der Waals surface area contributed by atoms with Gasteiger partial charge >= 0.3 is 5.76 Å². The minimum atomic E-state index is -4.67. The standard InChI is InChI=1S/C13H17F2NO3S/c1-3-10-4-6-11(7-5-10)8-16(2)12(17)9-20(18,19)13(14)15/h4-7,13H,3,8-9H2,1-2H3. The van der Waals surface area contributed by atoms with Crippen molar-refractivity contribution in [2.24, 2.45) is 0 Å². The zero-order chi connectivity index (χ0) is 15.3. The summed E-state index contributed by atoms with van der Waals surface area (Å²) in [6.45, 7) is 2.20. The monoisotopic (exact) mass is 305 g/mol. The fraction of sp³-hybridized carbons (Fsp3) is 0.462. The molecular formula is C13H17F2NO3S. The van der Waals surface area contributed by atoms with E-state index >= 15 is 0 Å².